The molecule has 1 unspecified atom stereocenters. The lowest BCUT2D eigenvalue weighted by atomic mass is 9.92. The molecule has 0 aliphatic carbocycles. The van der Waals surface area contributed by atoms with Crippen LogP contribution in [0.3, 0.4) is 0 Å². The van der Waals surface area contributed by atoms with Gasteiger partial charge in [0.1, 0.15) is 0 Å². The lowest BCUT2D eigenvalue weighted by Gasteiger charge is -2.13. The van der Waals surface area contributed by atoms with Crippen molar-refractivity contribution >= 4 is 16.8 Å². The van der Waals surface area contributed by atoms with Crippen molar-refractivity contribution in [2.24, 2.45) is 5.92 Å². The van der Waals surface area contributed by atoms with E-state index in [4.69, 9.17) is 0 Å². The van der Waals surface area contributed by atoms with Gasteiger partial charge < -0.3 is 0 Å². The van der Waals surface area contributed by atoms with Gasteiger partial charge in [0.05, 0.1) is 0 Å². The third-order valence-corrected chi connectivity index (χ3v) is 5.26. The Hall–Kier alpha value is -2.60. The van der Waals surface area contributed by atoms with E-state index in [1.54, 1.807) is 0 Å². The summed E-state index contributed by atoms with van der Waals surface area (Å²) in [7, 11) is 0. The Morgan fingerprint density at radius 3 is 2.35 bits per heavy atom. The predicted octanol–water partition coefficient (Wildman–Crippen LogP) is 7.60. The summed E-state index contributed by atoms with van der Waals surface area (Å²) in [6.45, 7) is 12.2. The van der Waals surface area contributed by atoms with Crippen LogP contribution in [0.25, 0.3) is 28.0 Å². The second-order valence-electron chi connectivity index (χ2n) is 7.33. The molecule has 0 radical (unpaired) electrons. The lowest BCUT2D eigenvalue weighted by Crippen LogP contribution is -1.98. The lowest BCUT2D eigenvalue weighted by molar-refractivity contribution is 0.540. The first kappa shape index (κ1) is 18.2. The first-order valence-corrected chi connectivity index (χ1v) is 9.47. The smallest absolute Gasteiger partial charge is 0.0177 e. The molecule has 0 spiro atoms. The van der Waals surface area contributed by atoms with Crippen LogP contribution in [0.15, 0.2) is 73.8 Å². The summed E-state index contributed by atoms with van der Waals surface area (Å²) >= 11 is 0. The van der Waals surface area contributed by atoms with E-state index >= 15 is 0 Å². The summed E-state index contributed by atoms with van der Waals surface area (Å²) in [5.74, 6) is 0.690. The Bertz CT molecular complexity index is 930. The number of hydrogen-bond acceptors (Lipinski definition) is 0. The van der Waals surface area contributed by atoms with Crippen molar-refractivity contribution in [3.63, 3.8) is 0 Å². The third kappa shape index (κ3) is 4.14. The highest BCUT2D eigenvalue weighted by molar-refractivity contribution is 5.89. The molecule has 1 atom stereocenters. The molecule has 0 saturated carbocycles. The molecule has 0 aromatic heterocycles. The van der Waals surface area contributed by atoms with Crippen LogP contribution in [0.4, 0.5) is 0 Å². The van der Waals surface area contributed by atoms with Crippen LogP contribution in [-0.4, -0.2) is 0 Å². The van der Waals surface area contributed by atoms with E-state index in [9.17, 15) is 0 Å². The molecule has 132 valence electrons. The van der Waals surface area contributed by atoms with Gasteiger partial charge in [0.15, 0.2) is 0 Å². The SMILES string of the molecule is C=CCC(C)CCc1cc(-c2ccc3cc(C=C)ccc3c2)ccc1C. The molecular weight excluding hydrogens is 312 g/mol. The highest BCUT2D eigenvalue weighted by Crippen LogP contribution is 2.28. The average molecular weight is 341 g/mol. The minimum Gasteiger partial charge on any atom is -0.103 e. The fourth-order valence-electron chi connectivity index (χ4n) is 3.50. The molecule has 3 aromatic carbocycles. The summed E-state index contributed by atoms with van der Waals surface area (Å²) < 4.78 is 0. The van der Waals surface area contributed by atoms with Gasteiger partial charge in [-0.25, -0.2) is 0 Å². The van der Waals surface area contributed by atoms with Crippen LogP contribution in [0.2, 0.25) is 0 Å². The zero-order valence-electron chi connectivity index (χ0n) is 16.0. The molecule has 0 aliphatic heterocycles. The van der Waals surface area contributed by atoms with E-state index < -0.39 is 0 Å². The maximum Gasteiger partial charge on any atom is -0.0177 e. The van der Waals surface area contributed by atoms with Gasteiger partial charge in [-0.3, -0.25) is 0 Å². The molecule has 26 heavy (non-hydrogen) atoms. The van der Waals surface area contributed by atoms with Crippen molar-refractivity contribution in [2.75, 3.05) is 0 Å². The van der Waals surface area contributed by atoms with Crippen LogP contribution in [0.5, 0.6) is 0 Å². The maximum atomic E-state index is 3.86. The Balaban J connectivity index is 1.89. The van der Waals surface area contributed by atoms with Gasteiger partial charge in [0.2, 0.25) is 0 Å². The zero-order valence-corrected chi connectivity index (χ0v) is 16.0. The fourth-order valence-corrected chi connectivity index (χ4v) is 3.50. The van der Waals surface area contributed by atoms with E-state index in [2.05, 4.69) is 81.6 Å². The summed E-state index contributed by atoms with van der Waals surface area (Å²) in [6, 6.07) is 20.1. The molecule has 0 N–H and O–H groups in total. The Morgan fingerprint density at radius 2 is 1.58 bits per heavy atom. The van der Waals surface area contributed by atoms with Crippen molar-refractivity contribution in [3.05, 3.63) is 90.5 Å². The largest absolute Gasteiger partial charge is 0.103 e. The average Bonchev–Trinajstić information content (AvgIpc) is 2.66. The van der Waals surface area contributed by atoms with Gasteiger partial charge >= 0.3 is 0 Å². The standard InChI is InChI=1S/C26H28/c1-5-7-19(3)8-11-22-17-24(12-9-20(22)4)26-15-14-23-16-21(6-2)10-13-25(23)18-26/h5-6,9-10,12-19H,1-2,7-8,11H2,3-4H3. The molecule has 3 aromatic rings. The Labute approximate surface area is 157 Å². The highest BCUT2D eigenvalue weighted by atomic mass is 14.1. The monoisotopic (exact) mass is 340 g/mol. The Kier molecular flexibility index (Phi) is 5.73. The van der Waals surface area contributed by atoms with Crippen LogP contribution in [-0.2, 0) is 6.42 Å². The van der Waals surface area contributed by atoms with E-state index in [1.807, 2.05) is 12.2 Å². The zero-order chi connectivity index (χ0) is 18.5. The molecular formula is C26H28. The van der Waals surface area contributed by atoms with Gasteiger partial charge in [0.25, 0.3) is 0 Å². The second kappa shape index (κ2) is 8.19. The Morgan fingerprint density at radius 1 is 0.885 bits per heavy atom. The second-order valence-corrected chi connectivity index (χ2v) is 7.33. The molecule has 0 nitrogen and oxygen atoms in total. The quantitative estimate of drug-likeness (QED) is 0.388. The number of fused-ring (bicyclic) bond motifs is 1. The van der Waals surface area contributed by atoms with Crippen LogP contribution in [0.1, 0.15) is 36.5 Å². The third-order valence-electron chi connectivity index (χ3n) is 5.26. The molecule has 0 heterocycles. The van der Waals surface area contributed by atoms with Gasteiger partial charge in [-0.1, -0.05) is 68.1 Å². The van der Waals surface area contributed by atoms with Crippen molar-refractivity contribution in [1.29, 1.82) is 0 Å². The minimum atomic E-state index is 0.690. The molecule has 0 bridgehead atoms. The van der Waals surface area contributed by atoms with Crippen molar-refractivity contribution in [2.45, 2.75) is 33.1 Å². The van der Waals surface area contributed by atoms with Crippen LogP contribution in [0, 0.1) is 12.8 Å². The van der Waals surface area contributed by atoms with Crippen molar-refractivity contribution in [1.82, 2.24) is 0 Å². The van der Waals surface area contributed by atoms with Crippen molar-refractivity contribution < 1.29 is 0 Å². The summed E-state index contributed by atoms with van der Waals surface area (Å²) in [6.07, 6.45) is 7.35. The highest BCUT2D eigenvalue weighted by Gasteiger charge is 2.07. The van der Waals surface area contributed by atoms with Gasteiger partial charge in [-0.2, -0.15) is 0 Å². The van der Waals surface area contributed by atoms with E-state index in [0.717, 1.165) is 18.4 Å². The summed E-state index contributed by atoms with van der Waals surface area (Å²) in [4.78, 5) is 0. The fraction of sp³-hybridized carbons (Fsp3) is 0.231. The maximum absolute atomic E-state index is 3.86. The topological polar surface area (TPSA) is 0 Å². The first-order valence-electron chi connectivity index (χ1n) is 9.47. The summed E-state index contributed by atoms with van der Waals surface area (Å²) in [5, 5.41) is 2.53. The molecule has 0 heteroatoms. The van der Waals surface area contributed by atoms with E-state index in [-0.39, 0.29) is 0 Å². The van der Waals surface area contributed by atoms with Crippen LogP contribution < -0.4 is 0 Å². The number of hydrogen-bond donors (Lipinski definition) is 0. The van der Waals surface area contributed by atoms with Gasteiger partial charge in [0, 0.05) is 0 Å². The van der Waals surface area contributed by atoms with Gasteiger partial charge in [-0.05, 0) is 82.8 Å². The van der Waals surface area contributed by atoms with Gasteiger partial charge in [-0.15, -0.1) is 6.58 Å². The molecule has 0 fully saturated rings. The number of allylic oxidation sites excluding steroid dienone is 1. The molecule has 0 aliphatic rings. The summed E-state index contributed by atoms with van der Waals surface area (Å²) in [5.41, 5.74) is 6.59. The van der Waals surface area contributed by atoms with E-state index in [0.29, 0.717) is 5.92 Å². The number of benzene rings is 3. The molecule has 0 saturated heterocycles. The minimum absolute atomic E-state index is 0.690. The predicted molar refractivity (Wildman–Crippen MR) is 117 cm³/mol. The van der Waals surface area contributed by atoms with Crippen LogP contribution >= 0.6 is 0 Å². The number of aryl methyl sites for hydroxylation is 2. The normalized spacial score (nSPS) is 12.1. The molecule has 0 amide bonds. The molecule has 3 rings (SSSR count). The first-order chi connectivity index (χ1) is 12.6. The van der Waals surface area contributed by atoms with E-state index in [1.165, 1.54) is 39.4 Å². The number of rotatable bonds is 7. The van der Waals surface area contributed by atoms with Crippen molar-refractivity contribution in [3.8, 4) is 11.1 Å².